The second-order valence-corrected chi connectivity index (χ2v) is 4.00. The zero-order valence-corrected chi connectivity index (χ0v) is 10.9. The van der Waals surface area contributed by atoms with Gasteiger partial charge in [0.1, 0.15) is 0 Å². The number of hydrogen-bond donors (Lipinski definition) is 2. The number of carbonyl (C=O) groups excluding carboxylic acids is 1. The Hall–Kier alpha value is -1.20. The third-order valence-electron chi connectivity index (χ3n) is 2.33. The third kappa shape index (κ3) is 5.93. The van der Waals surface area contributed by atoms with Gasteiger partial charge < -0.3 is 11.1 Å². The van der Waals surface area contributed by atoms with E-state index in [4.69, 9.17) is 5.73 Å². The largest absolute Gasteiger partial charge is 0.350 e. The van der Waals surface area contributed by atoms with E-state index in [2.05, 4.69) is 5.32 Å². The molecule has 3 N–H and O–H groups in total. The first-order valence-corrected chi connectivity index (χ1v) is 5.33. The molecule has 0 aliphatic heterocycles. The van der Waals surface area contributed by atoms with Crippen LogP contribution in [0.3, 0.4) is 0 Å². The highest BCUT2D eigenvalue weighted by molar-refractivity contribution is 5.85. The molecule has 0 radical (unpaired) electrons. The number of alkyl halides is 2. The zero-order valence-electron chi connectivity index (χ0n) is 10.1. The molecule has 0 unspecified atom stereocenters. The summed E-state index contributed by atoms with van der Waals surface area (Å²) in [5.41, 5.74) is 6.74. The molecule has 1 amide bonds. The summed E-state index contributed by atoms with van der Waals surface area (Å²) in [7, 11) is 0. The molecule has 0 aliphatic rings. The average Bonchev–Trinajstić information content (AvgIpc) is 2.30. The Morgan fingerprint density at radius 2 is 1.89 bits per heavy atom. The van der Waals surface area contributed by atoms with Gasteiger partial charge in [-0.2, -0.15) is 0 Å². The van der Waals surface area contributed by atoms with Crippen molar-refractivity contribution >= 4 is 18.3 Å². The monoisotopic (exact) mass is 278 g/mol. The molecule has 18 heavy (non-hydrogen) atoms. The summed E-state index contributed by atoms with van der Waals surface area (Å²) < 4.78 is 25.5. The Morgan fingerprint density at radius 1 is 1.33 bits per heavy atom. The highest BCUT2D eigenvalue weighted by Crippen LogP contribution is 2.09. The summed E-state index contributed by atoms with van der Waals surface area (Å²) in [5.74, 6) is -3.47. The molecule has 0 saturated carbocycles. The van der Waals surface area contributed by atoms with Crippen molar-refractivity contribution < 1.29 is 13.6 Å². The lowest BCUT2D eigenvalue weighted by Gasteiger charge is -2.14. The Labute approximate surface area is 111 Å². The maximum atomic E-state index is 12.8. The van der Waals surface area contributed by atoms with Crippen molar-refractivity contribution in [1.82, 2.24) is 5.32 Å². The molecule has 0 spiro atoms. The molecule has 3 nitrogen and oxygen atoms in total. The summed E-state index contributed by atoms with van der Waals surface area (Å²) >= 11 is 0. The Kier molecular flexibility index (Phi) is 6.80. The number of rotatable bonds is 5. The Morgan fingerprint density at radius 3 is 2.39 bits per heavy atom. The summed E-state index contributed by atoms with van der Waals surface area (Å²) in [4.78, 5) is 11.4. The molecule has 6 heteroatoms. The molecular formula is C12H17ClF2N2O. The first-order valence-electron chi connectivity index (χ1n) is 5.33. The van der Waals surface area contributed by atoms with Gasteiger partial charge in [0.2, 0.25) is 5.91 Å². The topological polar surface area (TPSA) is 55.1 Å². The number of benzene rings is 1. The van der Waals surface area contributed by atoms with Gasteiger partial charge in [-0.05, 0) is 12.5 Å². The molecule has 0 bridgehead atoms. The minimum atomic E-state index is -3.04. The van der Waals surface area contributed by atoms with Crippen LogP contribution in [-0.2, 0) is 11.2 Å². The van der Waals surface area contributed by atoms with Gasteiger partial charge >= 0.3 is 0 Å². The fraction of sp³-hybridized carbons (Fsp3) is 0.417. The van der Waals surface area contributed by atoms with E-state index in [1.54, 1.807) is 12.1 Å². The van der Waals surface area contributed by atoms with Crippen LogP contribution in [0.1, 0.15) is 11.1 Å². The van der Waals surface area contributed by atoms with Crippen molar-refractivity contribution in [2.24, 2.45) is 5.73 Å². The van der Waals surface area contributed by atoms with Crippen molar-refractivity contribution in [3.8, 4) is 0 Å². The van der Waals surface area contributed by atoms with E-state index < -0.39 is 24.9 Å². The first kappa shape index (κ1) is 16.8. The minimum Gasteiger partial charge on any atom is -0.350 e. The minimum absolute atomic E-state index is 0. The SMILES string of the molecule is Cc1ccc(CC(=O)NCC(F)(F)CN)cc1.Cl. The van der Waals surface area contributed by atoms with Gasteiger partial charge in [-0.25, -0.2) is 8.78 Å². The molecule has 0 fully saturated rings. The molecule has 0 aliphatic carbocycles. The molecule has 0 saturated heterocycles. The van der Waals surface area contributed by atoms with Crippen LogP contribution in [0.15, 0.2) is 24.3 Å². The zero-order chi connectivity index (χ0) is 12.9. The number of nitrogens with two attached hydrogens (primary N) is 1. The maximum absolute atomic E-state index is 12.8. The molecule has 0 heterocycles. The fourth-order valence-electron chi connectivity index (χ4n) is 1.25. The summed E-state index contributed by atoms with van der Waals surface area (Å²) in [6, 6.07) is 7.35. The Bertz CT molecular complexity index is 382. The van der Waals surface area contributed by atoms with E-state index >= 15 is 0 Å². The number of hydrogen-bond acceptors (Lipinski definition) is 2. The average molecular weight is 279 g/mol. The van der Waals surface area contributed by atoms with Gasteiger partial charge in [0, 0.05) is 0 Å². The molecule has 1 rings (SSSR count). The number of amides is 1. The van der Waals surface area contributed by atoms with E-state index in [1.807, 2.05) is 19.1 Å². The molecular weight excluding hydrogens is 262 g/mol. The summed E-state index contributed by atoms with van der Waals surface area (Å²) in [6.45, 7) is 0.456. The van der Waals surface area contributed by atoms with Crippen LogP contribution < -0.4 is 11.1 Å². The number of aryl methyl sites for hydroxylation is 1. The number of carbonyl (C=O) groups is 1. The summed E-state index contributed by atoms with van der Waals surface area (Å²) in [6.07, 6.45) is 0.0981. The standard InChI is InChI=1S/C12H16F2N2O.ClH/c1-9-2-4-10(5-3-9)6-11(17)16-8-12(13,14)7-15;/h2-5H,6-8,15H2,1H3,(H,16,17);1H. The fourth-order valence-corrected chi connectivity index (χ4v) is 1.25. The van der Waals surface area contributed by atoms with Gasteiger partial charge in [-0.1, -0.05) is 29.8 Å². The normalized spacial score (nSPS) is 10.7. The van der Waals surface area contributed by atoms with E-state index in [-0.39, 0.29) is 18.8 Å². The molecule has 102 valence electrons. The molecule has 0 aromatic heterocycles. The Balaban J connectivity index is 0.00000289. The van der Waals surface area contributed by atoms with Gasteiger partial charge in [0.15, 0.2) is 0 Å². The smallest absolute Gasteiger partial charge is 0.277 e. The van der Waals surface area contributed by atoms with Gasteiger partial charge in [-0.15, -0.1) is 12.4 Å². The second kappa shape index (κ2) is 7.28. The van der Waals surface area contributed by atoms with Crippen molar-refractivity contribution in [3.63, 3.8) is 0 Å². The van der Waals surface area contributed by atoms with E-state index in [0.29, 0.717) is 0 Å². The maximum Gasteiger partial charge on any atom is 0.277 e. The van der Waals surface area contributed by atoms with E-state index in [1.165, 1.54) is 0 Å². The lowest BCUT2D eigenvalue weighted by atomic mass is 10.1. The highest BCUT2D eigenvalue weighted by Gasteiger charge is 2.26. The molecule has 1 aromatic rings. The lowest BCUT2D eigenvalue weighted by molar-refractivity contribution is -0.122. The quantitative estimate of drug-likeness (QED) is 0.861. The van der Waals surface area contributed by atoms with Crippen LogP contribution in [0.4, 0.5) is 8.78 Å². The van der Waals surface area contributed by atoms with Gasteiger partial charge in [0.25, 0.3) is 5.92 Å². The number of halogens is 3. The highest BCUT2D eigenvalue weighted by atomic mass is 35.5. The van der Waals surface area contributed by atoms with Crippen LogP contribution in [-0.4, -0.2) is 24.9 Å². The van der Waals surface area contributed by atoms with Crippen LogP contribution in [0.5, 0.6) is 0 Å². The van der Waals surface area contributed by atoms with E-state index in [0.717, 1.165) is 11.1 Å². The van der Waals surface area contributed by atoms with Crippen LogP contribution in [0.2, 0.25) is 0 Å². The van der Waals surface area contributed by atoms with Crippen molar-refractivity contribution in [3.05, 3.63) is 35.4 Å². The van der Waals surface area contributed by atoms with E-state index in [9.17, 15) is 13.6 Å². The first-order chi connectivity index (χ1) is 7.93. The predicted molar refractivity (Wildman–Crippen MR) is 69.1 cm³/mol. The van der Waals surface area contributed by atoms with Gasteiger partial charge in [-0.3, -0.25) is 4.79 Å². The molecule has 0 atom stereocenters. The summed E-state index contributed by atoms with van der Waals surface area (Å²) in [5, 5.41) is 2.17. The van der Waals surface area contributed by atoms with Crippen LogP contribution >= 0.6 is 12.4 Å². The number of nitrogens with one attached hydrogen (secondary N) is 1. The van der Waals surface area contributed by atoms with Gasteiger partial charge in [0.05, 0.1) is 19.5 Å². The lowest BCUT2D eigenvalue weighted by Crippen LogP contribution is -2.42. The van der Waals surface area contributed by atoms with Crippen molar-refractivity contribution in [2.75, 3.05) is 13.1 Å². The van der Waals surface area contributed by atoms with Crippen molar-refractivity contribution in [1.29, 1.82) is 0 Å². The molecule has 1 aromatic carbocycles. The third-order valence-corrected chi connectivity index (χ3v) is 2.33. The predicted octanol–water partition coefficient (Wildman–Crippen LogP) is 1.67. The van der Waals surface area contributed by atoms with Crippen molar-refractivity contribution in [2.45, 2.75) is 19.3 Å². The second-order valence-electron chi connectivity index (χ2n) is 4.00. The van der Waals surface area contributed by atoms with Crippen LogP contribution in [0.25, 0.3) is 0 Å². The van der Waals surface area contributed by atoms with Crippen LogP contribution in [0, 0.1) is 6.92 Å².